The summed E-state index contributed by atoms with van der Waals surface area (Å²) in [5.74, 6) is 3.52. The number of aliphatic hydroxyl groups excluding tert-OH is 1. The van der Waals surface area contributed by atoms with Gasteiger partial charge in [-0.05, 0) is 115 Å². The van der Waals surface area contributed by atoms with Crippen molar-refractivity contribution in [2.24, 2.45) is 50.7 Å². The van der Waals surface area contributed by atoms with Crippen molar-refractivity contribution in [1.29, 1.82) is 0 Å². The zero-order valence-corrected chi connectivity index (χ0v) is 19.6. The molecule has 1 nitrogen and oxygen atoms in total. The van der Waals surface area contributed by atoms with Crippen LogP contribution >= 0.6 is 0 Å². The Morgan fingerprint density at radius 1 is 0.607 bits per heavy atom. The van der Waals surface area contributed by atoms with Gasteiger partial charge < -0.3 is 5.11 Å². The van der Waals surface area contributed by atoms with Crippen molar-refractivity contribution in [2.75, 3.05) is 0 Å². The van der Waals surface area contributed by atoms with Crippen molar-refractivity contribution in [1.82, 2.24) is 0 Å². The molecule has 5 rings (SSSR count). The maximum absolute atomic E-state index is 10.8. The summed E-state index contributed by atoms with van der Waals surface area (Å²) < 4.78 is 0. The van der Waals surface area contributed by atoms with Crippen molar-refractivity contribution in [3.05, 3.63) is 0 Å². The number of aliphatic hydroxyl groups is 1. The molecule has 9 atom stereocenters. The molecule has 1 unspecified atom stereocenters. The Hall–Kier alpha value is -0.0400. The molecule has 0 heterocycles. The molecule has 28 heavy (non-hydrogen) atoms. The van der Waals surface area contributed by atoms with Crippen LogP contribution in [-0.2, 0) is 0 Å². The van der Waals surface area contributed by atoms with Crippen LogP contribution in [0.25, 0.3) is 0 Å². The lowest BCUT2D eigenvalue weighted by atomic mass is 9.32. The highest BCUT2D eigenvalue weighted by Gasteiger charge is 2.69. The number of hydrogen-bond acceptors (Lipinski definition) is 1. The summed E-state index contributed by atoms with van der Waals surface area (Å²) in [4.78, 5) is 0. The van der Waals surface area contributed by atoms with E-state index in [0.717, 1.165) is 24.2 Å². The summed E-state index contributed by atoms with van der Waals surface area (Å²) >= 11 is 0. The van der Waals surface area contributed by atoms with Gasteiger partial charge in [0, 0.05) is 0 Å². The zero-order valence-electron chi connectivity index (χ0n) is 19.6. The molecule has 5 fully saturated rings. The van der Waals surface area contributed by atoms with Gasteiger partial charge in [0.15, 0.2) is 0 Å². The average Bonchev–Trinajstić information content (AvgIpc) is 3.01. The minimum Gasteiger partial charge on any atom is -0.393 e. The lowest BCUT2D eigenvalue weighted by molar-refractivity contribution is -0.244. The largest absolute Gasteiger partial charge is 0.393 e. The van der Waals surface area contributed by atoms with E-state index >= 15 is 0 Å². The smallest absolute Gasteiger partial charge is 0.0594 e. The Bertz CT molecular complexity index is 653. The van der Waals surface area contributed by atoms with Crippen LogP contribution in [0.15, 0.2) is 0 Å². The van der Waals surface area contributed by atoms with Gasteiger partial charge in [-0.25, -0.2) is 0 Å². The highest BCUT2D eigenvalue weighted by molar-refractivity contribution is 5.18. The van der Waals surface area contributed by atoms with Crippen molar-refractivity contribution >= 4 is 0 Å². The molecule has 0 spiro atoms. The van der Waals surface area contributed by atoms with E-state index in [1.807, 2.05) is 0 Å². The van der Waals surface area contributed by atoms with Crippen LogP contribution in [0.1, 0.15) is 112 Å². The second-order valence-corrected chi connectivity index (χ2v) is 13.7. The lowest BCUT2D eigenvalue weighted by Crippen LogP contribution is -2.66. The van der Waals surface area contributed by atoms with Crippen molar-refractivity contribution in [3.8, 4) is 0 Å². The van der Waals surface area contributed by atoms with Gasteiger partial charge in [0.05, 0.1) is 6.10 Å². The van der Waals surface area contributed by atoms with Gasteiger partial charge in [-0.1, -0.05) is 48.0 Å². The fourth-order valence-corrected chi connectivity index (χ4v) is 10.9. The van der Waals surface area contributed by atoms with Crippen LogP contribution in [0.2, 0.25) is 0 Å². The third-order valence-corrected chi connectivity index (χ3v) is 12.8. The van der Waals surface area contributed by atoms with Crippen molar-refractivity contribution in [3.63, 3.8) is 0 Å². The molecule has 0 saturated heterocycles. The lowest BCUT2D eigenvalue weighted by Gasteiger charge is -2.72. The molecule has 5 aliphatic carbocycles. The SMILES string of the molecule is CC1(C)[C@@H](O)CC[C@]2(C)[C@H]3CCC4[C@H]5CCC[C@]5(C)CC[C@@]4(C)[C@]3(C)CC[C@@H]12. The molecule has 0 bridgehead atoms. The first kappa shape index (κ1) is 19.9. The van der Waals surface area contributed by atoms with Crippen LogP contribution in [0.5, 0.6) is 0 Å². The normalized spacial score (nSPS) is 60.3. The summed E-state index contributed by atoms with van der Waals surface area (Å²) in [6, 6.07) is 0. The minimum atomic E-state index is -0.101. The molecule has 0 aliphatic heterocycles. The molecule has 1 heteroatoms. The van der Waals surface area contributed by atoms with E-state index in [9.17, 15) is 5.11 Å². The molecule has 0 amide bonds. The van der Waals surface area contributed by atoms with Gasteiger partial charge >= 0.3 is 0 Å². The molecular formula is C27H46O. The Labute approximate surface area is 174 Å². The van der Waals surface area contributed by atoms with E-state index in [-0.39, 0.29) is 11.5 Å². The third-order valence-electron chi connectivity index (χ3n) is 12.8. The highest BCUT2D eigenvalue weighted by atomic mass is 16.3. The Kier molecular flexibility index (Phi) is 4.12. The Morgan fingerprint density at radius 3 is 2.11 bits per heavy atom. The second kappa shape index (κ2) is 5.80. The zero-order chi connectivity index (χ0) is 20.2. The van der Waals surface area contributed by atoms with Gasteiger partial charge in [0.2, 0.25) is 0 Å². The fraction of sp³-hybridized carbons (Fsp3) is 1.00. The molecule has 160 valence electrons. The van der Waals surface area contributed by atoms with E-state index in [1.165, 1.54) is 64.2 Å². The van der Waals surface area contributed by atoms with E-state index in [4.69, 9.17) is 0 Å². The predicted octanol–water partition coefficient (Wildman–Crippen LogP) is 7.22. The third kappa shape index (κ3) is 2.19. The molecule has 0 aromatic rings. The standard InChI is InChI=1S/C27H46O/c1-23(2)20-11-15-27(6)21(25(20,4)14-12-22(23)28)10-9-19-18-8-7-13-24(18,3)16-17-26(19,27)5/h18-22,28H,7-17H2,1-6H3/t18-,19?,20+,21-,22+,24-,25+,26-,27-/m1/s1. The van der Waals surface area contributed by atoms with Crippen molar-refractivity contribution in [2.45, 2.75) is 118 Å². The topological polar surface area (TPSA) is 20.2 Å². The first-order valence-corrected chi connectivity index (χ1v) is 12.7. The monoisotopic (exact) mass is 386 g/mol. The van der Waals surface area contributed by atoms with Crippen LogP contribution in [0, 0.1) is 50.7 Å². The molecule has 5 saturated carbocycles. The minimum absolute atomic E-state index is 0.0860. The second-order valence-electron chi connectivity index (χ2n) is 13.7. The molecule has 0 aromatic heterocycles. The van der Waals surface area contributed by atoms with Crippen LogP contribution < -0.4 is 0 Å². The Morgan fingerprint density at radius 2 is 1.36 bits per heavy atom. The predicted molar refractivity (Wildman–Crippen MR) is 117 cm³/mol. The highest BCUT2D eigenvalue weighted by Crippen LogP contribution is 2.76. The van der Waals surface area contributed by atoms with Gasteiger partial charge in [-0.15, -0.1) is 0 Å². The fourth-order valence-electron chi connectivity index (χ4n) is 10.9. The van der Waals surface area contributed by atoms with E-state index < -0.39 is 0 Å². The first-order valence-electron chi connectivity index (χ1n) is 12.7. The molecule has 1 N–H and O–H groups in total. The summed E-state index contributed by atoms with van der Waals surface area (Å²) in [5, 5.41) is 10.8. The summed E-state index contributed by atoms with van der Waals surface area (Å²) in [5.41, 5.74) is 2.22. The van der Waals surface area contributed by atoms with E-state index in [1.54, 1.807) is 0 Å². The van der Waals surface area contributed by atoms with E-state index in [2.05, 4.69) is 41.5 Å². The summed E-state index contributed by atoms with van der Waals surface area (Å²) in [7, 11) is 0. The van der Waals surface area contributed by atoms with E-state index in [0.29, 0.717) is 27.6 Å². The maximum atomic E-state index is 10.8. The van der Waals surface area contributed by atoms with Crippen LogP contribution in [0.3, 0.4) is 0 Å². The number of hydrogen-bond donors (Lipinski definition) is 1. The first-order chi connectivity index (χ1) is 13.0. The molecule has 0 aromatic carbocycles. The average molecular weight is 387 g/mol. The number of rotatable bonds is 0. The van der Waals surface area contributed by atoms with Gasteiger partial charge in [-0.2, -0.15) is 0 Å². The summed E-state index contributed by atoms with van der Waals surface area (Å²) in [6.07, 6.45) is 15.3. The maximum Gasteiger partial charge on any atom is 0.0594 e. The molecule has 5 aliphatic rings. The summed E-state index contributed by atoms with van der Waals surface area (Å²) in [6.45, 7) is 15.5. The van der Waals surface area contributed by atoms with Crippen molar-refractivity contribution < 1.29 is 5.11 Å². The van der Waals surface area contributed by atoms with Crippen LogP contribution in [-0.4, -0.2) is 11.2 Å². The quantitative estimate of drug-likeness (QED) is 0.466. The Balaban J connectivity index is 1.53. The van der Waals surface area contributed by atoms with Gasteiger partial charge in [0.25, 0.3) is 0 Å². The molecular weight excluding hydrogens is 340 g/mol. The molecule has 0 radical (unpaired) electrons. The number of fused-ring (bicyclic) bond motifs is 7. The van der Waals surface area contributed by atoms with Gasteiger partial charge in [-0.3, -0.25) is 0 Å². The van der Waals surface area contributed by atoms with Gasteiger partial charge in [0.1, 0.15) is 0 Å². The van der Waals surface area contributed by atoms with Crippen LogP contribution in [0.4, 0.5) is 0 Å².